The number of rotatable bonds is 6. The van der Waals surface area contributed by atoms with Crippen LogP contribution in [0.15, 0.2) is 72.9 Å². The van der Waals surface area contributed by atoms with Crippen molar-refractivity contribution in [1.29, 1.82) is 0 Å². The third kappa shape index (κ3) is 4.74. The maximum atomic E-state index is 12.8. The molecule has 148 valence electrons. The van der Waals surface area contributed by atoms with Crippen LogP contribution >= 0.6 is 0 Å². The van der Waals surface area contributed by atoms with Gasteiger partial charge in [-0.2, -0.15) is 0 Å². The fraction of sp³-hybridized carbons (Fsp3) is 0.250. The normalized spacial score (nSPS) is 13.3. The van der Waals surface area contributed by atoms with Crippen molar-refractivity contribution in [1.82, 2.24) is 9.88 Å². The van der Waals surface area contributed by atoms with Crippen LogP contribution in [0.2, 0.25) is 0 Å². The van der Waals surface area contributed by atoms with Crippen LogP contribution in [0.25, 0.3) is 0 Å². The van der Waals surface area contributed by atoms with Crippen molar-refractivity contribution >= 4 is 23.0 Å². The zero-order valence-electron chi connectivity index (χ0n) is 16.7. The van der Waals surface area contributed by atoms with E-state index in [1.165, 1.54) is 18.5 Å². The summed E-state index contributed by atoms with van der Waals surface area (Å²) >= 11 is 0. The Balaban J connectivity index is 1.42. The Morgan fingerprint density at radius 3 is 2.45 bits per heavy atom. The van der Waals surface area contributed by atoms with E-state index in [1.54, 1.807) is 24.2 Å². The van der Waals surface area contributed by atoms with Gasteiger partial charge in [0.2, 0.25) is 0 Å². The molecule has 1 aliphatic heterocycles. The first kappa shape index (κ1) is 19.0. The molecule has 0 atom stereocenters. The number of hydrogen-bond donors (Lipinski definition) is 1. The van der Waals surface area contributed by atoms with Gasteiger partial charge in [0.05, 0.1) is 0 Å². The van der Waals surface area contributed by atoms with Crippen molar-refractivity contribution in [2.24, 2.45) is 0 Å². The van der Waals surface area contributed by atoms with Crippen LogP contribution in [-0.2, 0) is 6.54 Å². The summed E-state index contributed by atoms with van der Waals surface area (Å²) in [4.78, 5) is 21.1. The summed E-state index contributed by atoms with van der Waals surface area (Å²) in [5.74, 6) is -0.0955. The Hall–Kier alpha value is -3.34. The predicted molar refractivity (Wildman–Crippen MR) is 118 cm³/mol. The topological polar surface area (TPSA) is 48.5 Å². The number of carbonyl (C=O) groups is 1. The van der Waals surface area contributed by atoms with Crippen molar-refractivity contribution in [3.05, 3.63) is 84.2 Å². The first-order valence-electron chi connectivity index (χ1n) is 10.1. The van der Waals surface area contributed by atoms with E-state index in [2.05, 4.69) is 39.5 Å². The molecule has 1 N–H and O–H groups in total. The number of nitrogens with one attached hydrogen (secondary N) is 1. The summed E-state index contributed by atoms with van der Waals surface area (Å²) in [6, 6.07) is 22.1. The minimum atomic E-state index is -0.0955. The van der Waals surface area contributed by atoms with E-state index in [1.807, 2.05) is 36.4 Å². The van der Waals surface area contributed by atoms with Crippen molar-refractivity contribution in [2.75, 3.05) is 30.4 Å². The highest BCUT2D eigenvalue weighted by molar-refractivity contribution is 5.93. The highest BCUT2D eigenvalue weighted by Crippen LogP contribution is 2.24. The van der Waals surface area contributed by atoms with Crippen molar-refractivity contribution in [3.8, 4) is 0 Å². The molecule has 0 unspecified atom stereocenters. The van der Waals surface area contributed by atoms with E-state index in [9.17, 15) is 4.79 Å². The maximum Gasteiger partial charge on any atom is 0.272 e. The SMILES string of the molecule is CN(Cc1ccccc1)C(=O)c1cc(Nc2ccc(N3CCCC3)cc2)ccn1. The molecule has 4 rings (SSSR count). The van der Waals surface area contributed by atoms with Gasteiger partial charge in [0.25, 0.3) is 5.91 Å². The Labute approximate surface area is 172 Å². The monoisotopic (exact) mass is 386 g/mol. The number of nitrogens with zero attached hydrogens (tertiary/aromatic N) is 3. The lowest BCUT2D eigenvalue weighted by Gasteiger charge is -2.18. The Bertz CT molecular complexity index is 950. The number of aromatic nitrogens is 1. The van der Waals surface area contributed by atoms with E-state index in [0.717, 1.165) is 30.0 Å². The second-order valence-electron chi connectivity index (χ2n) is 7.44. The summed E-state index contributed by atoms with van der Waals surface area (Å²) in [5.41, 5.74) is 4.64. The van der Waals surface area contributed by atoms with E-state index < -0.39 is 0 Å². The first-order valence-corrected chi connectivity index (χ1v) is 10.1. The molecule has 2 aromatic carbocycles. The first-order chi connectivity index (χ1) is 14.2. The molecular formula is C24H26N4O. The molecule has 1 amide bonds. The highest BCUT2D eigenvalue weighted by atomic mass is 16.2. The van der Waals surface area contributed by atoms with Crippen molar-refractivity contribution in [2.45, 2.75) is 19.4 Å². The van der Waals surface area contributed by atoms with Gasteiger partial charge >= 0.3 is 0 Å². The smallest absolute Gasteiger partial charge is 0.272 e. The fourth-order valence-electron chi connectivity index (χ4n) is 3.65. The molecule has 1 fully saturated rings. The van der Waals surface area contributed by atoms with Gasteiger partial charge in [-0.3, -0.25) is 9.78 Å². The lowest BCUT2D eigenvalue weighted by molar-refractivity contribution is 0.0779. The summed E-state index contributed by atoms with van der Waals surface area (Å²) < 4.78 is 0. The van der Waals surface area contributed by atoms with Gasteiger partial charge in [0.1, 0.15) is 5.69 Å². The van der Waals surface area contributed by atoms with Crippen LogP contribution in [0.1, 0.15) is 28.9 Å². The number of carbonyl (C=O) groups excluding carboxylic acids is 1. The van der Waals surface area contributed by atoms with Crippen LogP contribution in [0, 0.1) is 0 Å². The quantitative estimate of drug-likeness (QED) is 0.667. The summed E-state index contributed by atoms with van der Waals surface area (Å²) in [6.07, 6.45) is 4.21. The maximum absolute atomic E-state index is 12.8. The number of hydrogen-bond acceptors (Lipinski definition) is 4. The van der Waals surface area contributed by atoms with Crippen molar-refractivity contribution < 1.29 is 4.79 Å². The molecule has 0 radical (unpaired) electrons. The van der Waals surface area contributed by atoms with E-state index >= 15 is 0 Å². The van der Waals surface area contributed by atoms with Crippen LogP contribution in [0.5, 0.6) is 0 Å². The zero-order valence-corrected chi connectivity index (χ0v) is 16.7. The van der Waals surface area contributed by atoms with Gasteiger partial charge in [0.15, 0.2) is 0 Å². The molecule has 1 aliphatic rings. The molecule has 2 heterocycles. The second-order valence-corrected chi connectivity index (χ2v) is 7.44. The Morgan fingerprint density at radius 2 is 1.72 bits per heavy atom. The minimum Gasteiger partial charge on any atom is -0.372 e. The minimum absolute atomic E-state index is 0.0955. The lowest BCUT2D eigenvalue weighted by Crippen LogP contribution is -2.27. The lowest BCUT2D eigenvalue weighted by atomic mass is 10.2. The Kier molecular flexibility index (Phi) is 5.75. The standard InChI is InChI=1S/C24H26N4O/c1-27(18-19-7-3-2-4-8-19)24(29)23-17-21(13-14-25-23)26-20-9-11-22(12-10-20)28-15-5-6-16-28/h2-4,7-14,17H,5-6,15-16,18H2,1H3,(H,25,26). The molecule has 1 aromatic heterocycles. The molecule has 0 bridgehead atoms. The average Bonchev–Trinajstić information content (AvgIpc) is 3.29. The van der Waals surface area contributed by atoms with Gasteiger partial charge in [0, 0.05) is 49.9 Å². The van der Waals surface area contributed by atoms with Crippen LogP contribution < -0.4 is 10.2 Å². The van der Waals surface area contributed by atoms with Gasteiger partial charge in [-0.05, 0) is 54.8 Å². The van der Waals surface area contributed by atoms with E-state index in [0.29, 0.717) is 12.2 Å². The van der Waals surface area contributed by atoms with Crippen LogP contribution in [-0.4, -0.2) is 35.9 Å². The summed E-state index contributed by atoms with van der Waals surface area (Å²) in [5, 5.41) is 3.38. The molecule has 3 aromatic rings. The van der Waals surface area contributed by atoms with E-state index in [4.69, 9.17) is 0 Å². The second kappa shape index (κ2) is 8.78. The predicted octanol–water partition coefficient (Wildman–Crippen LogP) is 4.70. The number of benzene rings is 2. The largest absolute Gasteiger partial charge is 0.372 e. The fourth-order valence-corrected chi connectivity index (χ4v) is 3.65. The van der Waals surface area contributed by atoms with Gasteiger partial charge in [-0.25, -0.2) is 0 Å². The van der Waals surface area contributed by atoms with Gasteiger partial charge < -0.3 is 15.1 Å². The number of amides is 1. The number of anilines is 3. The molecule has 29 heavy (non-hydrogen) atoms. The van der Waals surface area contributed by atoms with Crippen molar-refractivity contribution in [3.63, 3.8) is 0 Å². The summed E-state index contributed by atoms with van der Waals surface area (Å²) in [7, 11) is 1.80. The van der Waals surface area contributed by atoms with Crippen LogP contribution in [0.4, 0.5) is 17.1 Å². The molecule has 5 heteroatoms. The molecular weight excluding hydrogens is 360 g/mol. The molecule has 0 spiro atoms. The van der Waals surface area contributed by atoms with Gasteiger partial charge in [-0.15, -0.1) is 0 Å². The molecule has 5 nitrogen and oxygen atoms in total. The highest BCUT2D eigenvalue weighted by Gasteiger charge is 2.15. The number of pyridine rings is 1. The zero-order chi connectivity index (χ0) is 20.1. The third-order valence-electron chi connectivity index (χ3n) is 5.22. The van der Waals surface area contributed by atoms with Gasteiger partial charge in [-0.1, -0.05) is 30.3 Å². The average molecular weight is 386 g/mol. The Morgan fingerprint density at radius 1 is 1.00 bits per heavy atom. The molecule has 1 saturated heterocycles. The molecule has 0 aliphatic carbocycles. The van der Waals surface area contributed by atoms with Crippen LogP contribution in [0.3, 0.4) is 0 Å². The summed E-state index contributed by atoms with van der Waals surface area (Å²) in [6.45, 7) is 2.83. The molecule has 0 saturated carbocycles. The van der Waals surface area contributed by atoms with E-state index in [-0.39, 0.29) is 5.91 Å². The third-order valence-corrected chi connectivity index (χ3v) is 5.22.